The van der Waals surface area contributed by atoms with Crippen LogP contribution in [-0.2, 0) is 9.59 Å². The van der Waals surface area contributed by atoms with Gasteiger partial charge in [-0.2, -0.15) is 5.26 Å². The summed E-state index contributed by atoms with van der Waals surface area (Å²) in [6, 6.07) is 14.9. The van der Waals surface area contributed by atoms with E-state index in [2.05, 4.69) is 11.4 Å². The molecule has 0 aliphatic carbocycles. The molecule has 2 aliphatic rings. The van der Waals surface area contributed by atoms with Crippen LogP contribution in [0.1, 0.15) is 48.2 Å². The Balaban J connectivity index is 1.47. The molecule has 2 amide bonds. The van der Waals surface area contributed by atoms with Crippen LogP contribution in [0.4, 0.5) is 5.69 Å². The van der Waals surface area contributed by atoms with E-state index in [-0.39, 0.29) is 24.2 Å². The second-order valence-corrected chi connectivity index (χ2v) is 11.0. The fourth-order valence-corrected chi connectivity index (χ4v) is 5.49. The number of Topliss-reactive ketones (excluding diaryl/α,β-unsaturated/α-hetero) is 1. The minimum atomic E-state index is -1.30. The first kappa shape index (κ1) is 28.4. The molecule has 10 heteroatoms. The van der Waals surface area contributed by atoms with Gasteiger partial charge in [-0.25, -0.2) is 0 Å². The van der Waals surface area contributed by atoms with Crippen molar-refractivity contribution in [2.24, 2.45) is 10.9 Å². The highest BCUT2D eigenvalue weighted by Crippen LogP contribution is 2.25. The maximum atomic E-state index is 13.7. The monoisotopic (exact) mass is 573 g/mol. The minimum absolute atomic E-state index is 0.00943. The van der Waals surface area contributed by atoms with Gasteiger partial charge >= 0.3 is 0 Å². The van der Waals surface area contributed by atoms with E-state index in [1.54, 1.807) is 46.2 Å². The lowest BCUT2D eigenvalue weighted by molar-refractivity contribution is -0.140. The van der Waals surface area contributed by atoms with Gasteiger partial charge in [-0.3, -0.25) is 19.4 Å². The van der Waals surface area contributed by atoms with E-state index in [9.17, 15) is 19.6 Å². The Hall–Kier alpha value is -4.16. The molecule has 2 saturated heterocycles. The summed E-state index contributed by atoms with van der Waals surface area (Å²) in [5.41, 5.74) is 1.61. The number of hydrogen-bond acceptors (Lipinski definition) is 6. The second kappa shape index (κ2) is 12.6. The lowest BCUT2D eigenvalue weighted by Gasteiger charge is -2.25. The predicted octanol–water partition coefficient (Wildman–Crippen LogP) is 5.23. The number of fused-ring (bicyclic) bond motifs is 1. The second-order valence-electron chi connectivity index (χ2n) is 10.5. The van der Waals surface area contributed by atoms with Crippen molar-refractivity contribution in [1.29, 1.82) is 5.26 Å². The first-order valence-corrected chi connectivity index (χ1v) is 14.3. The summed E-state index contributed by atoms with van der Waals surface area (Å²) in [6.07, 6.45) is 3.87. The molecule has 3 heterocycles. The van der Waals surface area contributed by atoms with Gasteiger partial charge in [-0.05, 0) is 87.6 Å². The van der Waals surface area contributed by atoms with Crippen LogP contribution < -0.4 is 5.32 Å². The number of benzene rings is 2. The largest absolute Gasteiger partial charge is 0.461 e. The molecule has 2 atom stereocenters. The van der Waals surface area contributed by atoms with Crippen molar-refractivity contribution in [2.45, 2.75) is 45.1 Å². The van der Waals surface area contributed by atoms with Crippen LogP contribution in [0.2, 0.25) is 5.02 Å². The van der Waals surface area contributed by atoms with Crippen molar-refractivity contribution in [2.75, 3.05) is 31.5 Å². The smallest absolute Gasteiger partial charge is 0.247 e. The molecule has 0 saturated carbocycles. The van der Waals surface area contributed by atoms with Crippen LogP contribution in [0.25, 0.3) is 11.0 Å². The number of amides is 2. The minimum Gasteiger partial charge on any atom is -0.461 e. The Morgan fingerprint density at radius 2 is 1.83 bits per heavy atom. The standard InChI is InChI=1S/C31H32ClN5O4/c1-20-16-22-17-24(11-12-27(22)41-20)34-30(25(18-33)29(39)21-7-9-23(32)10-8-21)35-26-6-2-3-15-37(31(26)40)19-28(38)36-13-4-5-14-36/h7-12,16-17,25-26H,2-6,13-15,19H2,1H3,(H,34,35)/t25?,26-/m0/s1. The SMILES string of the molecule is Cc1cc2cc(NC(=N[C@H]3CCCCN(CC(=O)N4CCCC4)C3=O)C(C#N)C(=O)c3ccc(Cl)cc3)ccc2o1. The third-order valence-corrected chi connectivity index (χ3v) is 7.79. The molecular formula is C31H32ClN5O4. The molecule has 0 radical (unpaired) electrons. The molecule has 41 heavy (non-hydrogen) atoms. The fraction of sp³-hybridized carbons (Fsp3) is 0.387. The van der Waals surface area contributed by atoms with Gasteiger partial charge in [0, 0.05) is 41.3 Å². The molecule has 1 unspecified atom stereocenters. The highest BCUT2D eigenvalue weighted by atomic mass is 35.5. The van der Waals surface area contributed by atoms with Crippen molar-refractivity contribution in [3.8, 4) is 6.07 Å². The van der Waals surface area contributed by atoms with Gasteiger partial charge in [0.2, 0.25) is 11.8 Å². The fourth-order valence-electron chi connectivity index (χ4n) is 5.36. The molecule has 9 nitrogen and oxygen atoms in total. The Morgan fingerprint density at radius 1 is 1.10 bits per heavy atom. The maximum Gasteiger partial charge on any atom is 0.247 e. The number of furan rings is 1. The summed E-state index contributed by atoms with van der Waals surface area (Å²) in [6.45, 7) is 3.76. The number of likely N-dealkylation sites (tertiary alicyclic amines) is 2. The van der Waals surface area contributed by atoms with E-state index in [1.165, 1.54) is 0 Å². The number of anilines is 1. The van der Waals surface area contributed by atoms with Crippen LogP contribution in [0.5, 0.6) is 0 Å². The molecule has 0 bridgehead atoms. The van der Waals surface area contributed by atoms with Crippen molar-refractivity contribution < 1.29 is 18.8 Å². The lowest BCUT2D eigenvalue weighted by Crippen LogP contribution is -2.45. The summed E-state index contributed by atoms with van der Waals surface area (Å²) < 4.78 is 5.68. The third-order valence-electron chi connectivity index (χ3n) is 7.54. The Morgan fingerprint density at radius 3 is 2.56 bits per heavy atom. The van der Waals surface area contributed by atoms with Gasteiger partial charge in [0.05, 0.1) is 12.6 Å². The number of hydrogen-bond donors (Lipinski definition) is 1. The van der Waals surface area contributed by atoms with Crippen molar-refractivity contribution in [3.63, 3.8) is 0 Å². The topological polar surface area (TPSA) is 119 Å². The van der Waals surface area contributed by atoms with Gasteiger partial charge in [-0.1, -0.05) is 11.6 Å². The number of aliphatic imine (C=N–C) groups is 1. The average Bonchev–Trinajstić information content (AvgIpc) is 3.59. The molecule has 212 valence electrons. The summed E-state index contributed by atoms with van der Waals surface area (Å²) in [5, 5.41) is 14.7. The normalized spacial score (nSPS) is 18.7. The zero-order chi connectivity index (χ0) is 28.9. The number of nitriles is 1. The number of nitrogens with one attached hydrogen (secondary N) is 1. The number of rotatable bonds is 7. The number of carbonyl (C=O) groups is 3. The molecule has 2 fully saturated rings. The van der Waals surface area contributed by atoms with E-state index < -0.39 is 17.7 Å². The van der Waals surface area contributed by atoms with Gasteiger partial charge in [-0.15, -0.1) is 0 Å². The van der Waals surface area contributed by atoms with Crippen LogP contribution in [0, 0.1) is 24.2 Å². The molecule has 1 aromatic heterocycles. The zero-order valence-electron chi connectivity index (χ0n) is 22.9. The Labute approximate surface area is 243 Å². The van der Waals surface area contributed by atoms with E-state index in [4.69, 9.17) is 21.0 Å². The van der Waals surface area contributed by atoms with Crippen molar-refractivity contribution in [1.82, 2.24) is 9.80 Å². The van der Waals surface area contributed by atoms with Crippen LogP contribution in [0.3, 0.4) is 0 Å². The number of amidine groups is 1. The molecule has 1 N–H and O–H groups in total. The first-order valence-electron chi connectivity index (χ1n) is 13.9. The quantitative estimate of drug-likeness (QED) is 0.235. The molecule has 2 aromatic carbocycles. The van der Waals surface area contributed by atoms with Crippen LogP contribution in [0.15, 0.2) is 57.9 Å². The predicted molar refractivity (Wildman–Crippen MR) is 157 cm³/mol. The summed E-state index contributed by atoms with van der Waals surface area (Å²) in [5.74, 6) is -1.25. The summed E-state index contributed by atoms with van der Waals surface area (Å²) in [4.78, 5) is 48.2. The van der Waals surface area contributed by atoms with Crippen molar-refractivity contribution in [3.05, 3.63) is 64.9 Å². The van der Waals surface area contributed by atoms with Gasteiger partial charge in [0.15, 0.2) is 11.7 Å². The van der Waals surface area contributed by atoms with E-state index in [1.807, 2.05) is 19.1 Å². The third kappa shape index (κ3) is 6.60. The van der Waals surface area contributed by atoms with Gasteiger partial charge < -0.3 is 19.5 Å². The number of halogens is 1. The highest BCUT2D eigenvalue weighted by molar-refractivity contribution is 6.30. The van der Waals surface area contributed by atoms with E-state index in [0.717, 1.165) is 36.8 Å². The first-order chi connectivity index (χ1) is 19.8. The zero-order valence-corrected chi connectivity index (χ0v) is 23.7. The molecule has 3 aromatic rings. The van der Waals surface area contributed by atoms with Gasteiger partial charge in [0.25, 0.3) is 0 Å². The number of ketones is 1. The van der Waals surface area contributed by atoms with Crippen molar-refractivity contribution >= 4 is 51.7 Å². The van der Waals surface area contributed by atoms with E-state index in [0.29, 0.717) is 47.9 Å². The molecule has 2 aliphatic heterocycles. The number of carbonyl (C=O) groups excluding carboxylic acids is 3. The number of aryl methyl sites for hydroxylation is 1. The summed E-state index contributed by atoms with van der Waals surface area (Å²) >= 11 is 6.01. The molecule has 5 rings (SSSR count). The van der Waals surface area contributed by atoms with Crippen LogP contribution >= 0.6 is 11.6 Å². The van der Waals surface area contributed by atoms with E-state index >= 15 is 0 Å². The average molecular weight is 574 g/mol. The molecular weight excluding hydrogens is 542 g/mol. The maximum absolute atomic E-state index is 13.7. The lowest BCUT2D eigenvalue weighted by atomic mass is 9.97. The molecule has 0 spiro atoms. The Bertz CT molecular complexity index is 1520. The highest BCUT2D eigenvalue weighted by Gasteiger charge is 2.33. The summed E-state index contributed by atoms with van der Waals surface area (Å²) in [7, 11) is 0. The number of nitrogens with zero attached hydrogens (tertiary/aromatic N) is 4. The van der Waals surface area contributed by atoms with Gasteiger partial charge in [0.1, 0.15) is 23.2 Å². The van der Waals surface area contributed by atoms with Crippen LogP contribution in [-0.4, -0.2) is 65.5 Å². The Kier molecular flexibility index (Phi) is 8.70.